The standard InChI is InChI=1S/C25H26N4O9S3.C24H23N5O7S2.C22H21N5O13S4.3C2H6/c1-14-8-10-18(11-9-14)26-28-24-15(2)23-16(3)25(29-27-19-6-4-5-7-20(19)39(30,31)32)22(41(36,37)38)13-17(23)12-21(24)40(33,34)35;1-13-3-7-16(8-4-13)26-28-22-18(37(31,32)33)11-15-12-19(38(34,35)36)23(24(30)20(15)21(22)25)29-27-17-9-5-14(2)6-10-17;23-19-18-11(9-16(43(35,36)37)20(19)26-24-12-5-1-3-7-14(12)41(29,30)31)10-17(44(38,39)40)21(22(18)28)27-25-13-6-2-4-8-15(13)42(32,33)34;3*1-2/h4-13,30-32,36-38H,1-3H3,(H,33,34,35);3-12,30,34-36H,25H2,1-2H3,(H,31,32,33);1-10,28,32-34,38-40H,23H2,(H,29,30,31)(H,35,36,37);3*1-2H3. The molecule has 0 fully saturated rings. The van der Waals surface area contributed by atoms with Crippen molar-refractivity contribution in [2.45, 2.75) is 120 Å². The topological polar surface area (TPSA) is 762 Å². The van der Waals surface area contributed by atoms with E-state index in [9.17, 15) is 130 Å². The average Bonchev–Trinajstić information content (AvgIpc) is 0.746. The molecular formula is C77H88N14O29S9. The molecule has 0 unspecified atom stereocenters. The highest BCUT2D eigenvalue weighted by Crippen LogP contribution is 2.60. The van der Waals surface area contributed by atoms with Crippen molar-refractivity contribution in [2.75, 3.05) is 11.5 Å². The van der Waals surface area contributed by atoms with E-state index in [0.29, 0.717) is 28.5 Å². The van der Waals surface area contributed by atoms with Gasteiger partial charge in [0.2, 0.25) is 0 Å². The Kier molecular flexibility index (Phi) is 34.4. The lowest BCUT2D eigenvalue weighted by atomic mass is 9.98. The summed E-state index contributed by atoms with van der Waals surface area (Å²) in [4.78, 5) is -6.06. The van der Waals surface area contributed by atoms with E-state index < -0.39 is 196 Å². The molecule has 12 aromatic carbocycles. The number of anilines is 2. The van der Waals surface area contributed by atoms with Crippen molar-refractivity contribution in [3.05, 3.63) is 210 Å². The third-order valence-electron chi connectivity index (χ3n) is 17.3. The van der Waals surface area contributed by atoms with Crippen molar-refractivity contribution in [3.63, 3.8) is 0 Å². The summed E-state index contributed by atoms with van der Waals surface area (Å²) in [6.07, 6.45) is 0. The first-order valence-electron chi connectivity index (χ1n) is 36.7. The first-order valence-corrected chi connectivity index (χ1v) is 50.0. The van der Waals surface area contributed by atoms with Gasteiger partial charge in [-0.25, -0.2) is 0 Å². The van der Waals surface area contributed by atoms with Crippen LogP contribution in [0, 0.1) is 34.6 Å². The molecule has 0 saturated carbocycles. The van der Waals surface area contributed by atoms with Gasteiger partial charge in [-0.05, 0) is 176 Å². The number of hydrogen-bond acceptors (Lipinski definition) is 39. The van der Waals surface area contributed by atoms with Crippen LogP contribution in [0.25, 0.3) is 32.3 Å². The Morgan fingerprint density at radius 3 is 0.736 bits per heavy atom. The number of fused-ring (bicyclic) bond motifs is 3. The number of phenols is 2. The quantitative estimate of drug-likeness (QED) is 0.0180. The van der Waals surface area contributed by atoms with Gasteiger partial charge in [-0.1, -0.05) is 131 Å². The minimum absolute atomic E-state index is 0.0924. The molecule has 0 bridgehead atoms. The van der Waals surface area contributed by atoms with E-state index in [0.717, 1.165) is 71.3 Å². The maximum atomic E-state index is 12.3. The number of azo groups is 6. The minimum atomic E-state index is -5.20. The fraction of sp³-hybridized carbons (Fsp3) is 0.143. The van der Waals surface area contributed by atoms with E-state index in [1.165, 1.54) is 62.4 Å². The van der Waals surface area contributed by atoms with Crippen LogP contribution in [0.1, 0.15) is 69.4 Å². The normalized spacial score (nSPS) is 13.2. The molecule has 0 aliphatic rings. The van der Waals surface area contributed by atoms with Crippen LogP contribution < -0.4 is 11.5 Å². The molecule has 0 saturated heterocycles. The molecular weight excluding hydrogens is 1870 g/mol. The van der Waals surface area contributed by atoms with Gasteiger partial charge < -0.3 is 90.0 Å². The molecule has 0 amide bonds. The lowest BCUT2D eigenvalue weighted by Gasteiger charge is -2.24. The van der Waals surface area contributed by atoms with Crippen LogP contribution in [-0.4, -0.2) is 130 Å². The Hall–Kier alpha value is -11.0. The lowest BCUT2D eigenvalue weighted by Crippen LogP contribution is -2.03. The molecule has 52 heteroatoms. The van der Waals surface area contributed by atoms with Gasteiger partial charge in [-0.3, -0.25) is 18.2 Å². The van der Waals surface area contributed by atoms with Crippen LogP contribution in [0.15, 0.2) is 287 Å². The molecule has 0 spiro atoms. The van der Waals surface area contributed by atoms with Gasteiger partial charge in [0.25, 0.3) is 40.5 Å². The van der Waals surface area contributed by atoms with E-state index in [1.54, 1.807) is 72.8 Å². The summed E-state index contributed by atoms with van der Waals surface area (Å²) in [6.45, 7) is 20.6. The third-order valence-corrected chi connectivity index (χ3v) is 25.3. The van der Waals surface area contributed by atoms with Crippen LogP contribution in [-0.2, 0) is 40.5 Å². The van der Waals surface area contributed by atoms with Crippen LogP contribution in [0.2, 0.25) is 0 Å². The zero-order valence-corrected chi connectivity index (χ0v) is 76.5. The molecule has 0 aliphatic carbocycles. The molecule has 0 atom stereocenters. The summed E-state index contributed by atoms with van der Waals surface area (Å²) in [6, 6.07) is 40.9. The van der Waals surface area contributed by atoms with Gasteiger partial charge in [0.05, 0.1) is 63.7 Å². The third kappa shape index (κ3) is 26.0. The maximum absolute atomic E-state index is 12.3. The predicted molar refractivity (Wildman–Crippen MR) is 493 cm³/mol. The minimum Gasteiger partial charge on any atom is -0.505 e. The van der Waals surface area contributed by atoms with Gasteiger partial charge in [0.1, 0.15) is 125 Å². The summed E-state index contributed by atoms with van der Waals surface area (Å²) in [5.41, 5.74) is 11.5. The van der Waals surface area contributed by atoms with Crippen molar-refractivity contribution in [1.29, 1.82) is 0 Å². The number of rotatable bonds is 21. The summed E-state index contributed by atoms with van der Waals surface area (Å²) >= 11 is 0. The molecule has 12 rings (SSSR count). The van der Waals surface area contributed by atoms with Crippen molar-refractivity contribution in [1.82, 2.24) is 0 Å². The zero-order chi connectivity index (χ0) is 97.0. The Bertz CT molecular complexity index is 6900. The van der Waals surface area contributed by atoms with E-state index in [4.69, 9.17) is 11.5 Å². The molecule has 43 nitrogen and oxygen atoms in total. The Morgan fingerprint density at radius 2 is 0.442 bits per heavy atom. The van der Waals surface area contributed by atoms with Crippen molar-refractivity contribution in [3.8, 4) is 11.5 Å². The number of nitrogen functional groups attached to an aromatic ring is 2. The summed E-state index contributed by atoms with van der Waals surface area (Å²) < 4.78 is 285. The second kappa shape index (κ2) is 42.3. The second-order valence-corrected chi connectivity index (χ2v) is 39.0. The molecule has 0 radical (unpaired) electrons. The lowest BCUT2D eigenvalue weighted by molar-refractivity contribution is 0.373. The van der Waals surface area contributed by atoms with Crippen LogP contribution in [0.5, 0.6) is 11.5 Å². The fourth-order valence-electron chi connectivity index (χ4n) is 11.6. The average molecular weight is 1960 g/mol. The summed E-state index contributed by atoms with van der Waals surface area (Å²) in [7, 11) is -42.0. The number of nitrogens with zero attached hydrogens (tertiary/aromatic N) is 12. The first-order chi connectivity index (χ1) is 59.9. The fourth-order valence-corrected chi connectivity index (χ4v) is 17.7. The van der Waals surface area contributed by atoms with Crippen LogP contribution in [0.3, 0.4) is 0 Å². The van der Waals surface area contributed by atoms with Gasteiger partial charge in [-0.15, -0.1) is 46.0 Å². The molecule has 12 aromatic rings. The van der Waals surface area contributed by atoms with Crippen LogP contribution >= 0.6 is 54.4 Å². The number of hydrogen-bond donors (Lipinski definition) is 23. The number of phenolic OH excluding ortho intramolecular Hbond substituents is 2. The smallest absolute Gasteiger partial charge is 0.296 e. The Labute approximate surface area is 746 Å². The number of benzene rings is 12. The zero-order valence-electron chi connectivity index (χ0n) is 69.2. The Balaban J connectivity index is 0.000000258. The molecule has 0 aromatic heterocycles. The monoisotopic (exact) mass is 1960 g/mol. The SMILES string of the molecule is CC.CC.CC.Cc1ccc(N=Nc2c(S(=O)(=O)O)cc3cc(S(O)(O)O)c(N=Nc4ccc(C)cc4)c(O)c3c2N)cc1.Cc1ccc(N=Nc2c(S(=O)(=O)O)cc3cc(S(O)(O)O)c(N=Nc4ccccc4S(O)(O)O)c(C)c3c2C)cc1.Nc1c(N=Nc2ccccc2S(=O)(=O)O)c(S(=O)(=O)O)cc2cc(S(O)(O)O)c(N=Nc3ccccc3S(O)(O)O)c(O)c12. The largest absolute Gasteiger partial charge is 0.505 e. The molecule has 25 N–H and O–H groups in total. The van der Waals surface area contributed by atoms with Crippen molar-refractivity contribution in [2.24, 2.45) is 61.4 Å². The van der Waals surface area contributed by atoms with Crippen LogP contribution in [0.4, 0.5) is 79.6 Å². The summed E-state index contributed by atoms with van der Waals surface area (Å²) in [5, 5.41) is 68.0. The number of aromatic hydroxyl groups is 2. The molecule has 129 heavy (non-hydrogen) atoms. The van der Waals surface area contributed by atoms with Gasteiger partial charge in [-0.2, -0.15) is 49.0 Å². The second-order valence-electron chi connectivity index (χ2n) is 26.0. The maximum Gasteiger partial charge on any atom is 0.296 e. The summed E-state index contributed by atoms with van der Waals surface area (Å²) in [5.74, 6) is -1.80. The van der Waals surface area contributed by atoms with E-state index in [-0.39, 0.29) is 54.9 Å². The molecule has 0 heterocycles. The first kappa shape index (κ1) is 105. The van der Waals surface area contributed by atoms with Crippen molar-refractivity contribution >= 4 is 207 Å². The highest BCUT2D eigenvalue weighted by Gasteiger charge is 2.34. The molecule has 0 aliphatic heterocycles. The van der Waals surface area contributed by atoms with Crippen molar-refractivity contribution < 1.29 is 130 Å². The van der Waals surface area contributed by atoms with Gasteiger partial charge in [0.15, 0.2) is 11.5 Å². The molecule has 694 valence electrons. The van der Waals surface area contributed by atoms with E-state index >= 15 is 0 Å². The van der Waals surface area contributed by atoms with Gasteiger partial charge in [0, 0.05) is 0 Å². The van der Waals surface area contributed by atoms with E-state index in [2.05, 4.69) is 61.4 Å². The Morgan fingerprint density at radius 1 is 0.233 bits per heavy atom. The highest BCUT2D eigenvalue weighted by molar-refractivity contribution is 8.20. The number of nitrogens with two attached hydrogens (primary N) is 2. The number of aryl methyl sites for hydroxylation is 5. The van der Waals surface area contributed by atoms with Gasteiger partial charge >= 0.3 is 0 Å². The van der Waals surface area contributed by atoms with E-state index in [1.807, 2.05) is 62.3 Å². The highest BCUT2D eigenvalue weighted by atomic mass is 32.3. The predicted octanol–water partition coefficient (Wildman–Crippen LogP) is 26.1.